The van der Waals surface area contributed by atoms with Crippen LogP contribution in [0.5, 0.6) is 34.5 Å². The molecule has 0 aliphatic carbocycles. The molecule has 0 unspecified atom stereocenters. The van der Waals surface area contributed by atoms with Gasteiger partial charge in [0, 0.05) is 18.2 Å². The van der Waals surface area contributed by atoms with E-state index >= 15 is 0 Å². The van der Waals surface area contributed by atoms with Gasteiger partial charge in [0.25, 0.3) is 0 Å². The molecule has 4 rings (SSSR count). The molecule has 30 heteroatoms. The van der Waals surface area contributed by atoms with E-state index < -0.39 is 0 Å². The van der Waals surface area contributed by atoms with Crippen LogP contribution in [0.15, 0.2) is 91.0 Å². The van der Waals surface area contributed by atoms with E-state index in [-0.39, 0.29) is 32.5 Å². The van der Waals surface area contributed by atoms with Gasteiger partial charge < -0.3 is 142 Å². The Labute approximate surface area is 792 Å². The fraction of sp³-hybridized carbons (Fsp3) is 0.765. The van der Waals surface area contributed by atoms with E-state index in [1.807, 2.05) is 36.4 Å². The van der Waals surface area contributed by atoms with Crippen molar-refractivity contribution in [1.29, 1.82) is 0 Å². The van der Waals surface area contributed by atoms with Crippen LogP contribution in [0.1, 0.15) is 140 Å². The van der Waals surface area contributed by atoms with Gasteiger partial charge in [-0.2, -0.15) is 0 Å². The second kappa shape index (κ2) is 76.7. The Morgan fingerprint density at radius 1 is 0.129 bits per heavy atom. The van der Waals surface area contributed by atoms with Gasteiger partial charge in [-0.15, -0.1) is 0 Å². The Bertz CT molecular complexity index is 2890. The van der Waals surface area contributed by atoms with E-state index in [0.29, 0.717) is 374 Å². The molecule has 0 aromatic heterocycles. The van der Waals surface area contributed by atoms with Crippen LogP contribution >= 0.6 is 0 Å². The van der Waals surface area contributed by atoms with E-state index in [1.54, 1.807) is 18.2 Å². The van der Waals surface area contributed by atoms with Crippen LogP contribution in [0.2, 0.25) is 0 Å². The Morgan fingerprint density at radius 3 is 0.333 bits per heavy atom. The fourth-order valence-corrected chi connectivity index (χ4v) is 14.3. The van der Waals surface area contributed by atoms with Crippen LogP contribution in [0.25, 0.3) is 0 Å². The van der Waals surface area contributed by atoms with Gasteiger partial charge in [0.2, 0.25) is 0 Å². The number of benzene rings is 4. The van der Waals surface area contributed by atoms with Crippen molar-refractivity contribution in [3.8, 4) is 34.5 Å². The molecule has 0 atom stereocenters. The molecule has 0 N–H and O–H groups in total. The third-order valence-electron chi connectivity index (χ3n) is 19.5. The molecule has 0 heterocycles. The highest BCUT2D eigenvalue weighted by molar-refractivity contribution is 5.42. The van der Waals surface area contributed by atoms with Crippen LogP contribution in [-0.2, 0) is 130 Å². The maximum Gasteiger partial charge on any atom is 0.126 e. The highest BCUT2D eigenvalue weighted by Gasteiger charge is 2.30. The first-order valence-corrected chi connectivity index (χ1v) is 47.9. The van der Waals surface area contributed by atoms with Gasteiger partial charge in [-0.1, -0.05) is 140 Å². The first-order chi connectivity index (χ1) is 63.8. The normalized spacial score (nSPS) is 12.4. The summed E-state index contributed by atoms with van der Waals surface area (Å²) in [5.74, 6) is 4.20. The third-order valence-corrected chi connectivity index (χ3v) is 19.5. The van der Waals surface area contributed by atoms with Crippen LogP contribution in [0, 0.1) is 16.2 Å². The van der Waals surface area contributed by atoms with E-state index in [0.717, 1.165) is 36.5 Å². The van der Waals surface area contributed by atoms with Gasteiger partial charge in [-0.3, -0.25) is 0 Å². The van der Waals surface area contributed by atoms with Gasteiger partial charge in [-0.05, 0) is 105 Å². The average molecular weight is 1880 g/mol. The van der Waals surface area contributed by atoms with Gasteiger partial charge in [0.15, 0.2) is 0 Å². The van der Waals surface area contributed by atoms with E-state index in [4.69, 9.17) is 142 Å². The quantitative estimate of drug-likeness (QED) is 0.0371. The molecule has 0 aliphatic heterocycles. The number of ether oxygens (including phenoxy) is 30. The summed E-state index contributed by atoms with van der Waals surface area (Å²) in [6.07, 6.45) is 3.31. The Balaban J connectivity index is 0.942. The molecular weight excluding hydrogens is 1710 g/mol. The molecule has 30 nitrogen and oxygen atoms in total. The topological polar surface area (TPSA) is 277 Å². The lowest BCUT2D eigenvalue weighted by atomic mass is 9.72. The van der Waals surface area contributed by atoms with E-state index in [9.17, 15) is 0 Å². The lowest BCUT2D eigenvalue weighted by Gasteiger charge is -2.33. The van der Waals surface area contributed by atoms with Gasteiger partial charge in [0.05, 0.1) is 317 Å². The van der Waals surface area contributed by atoms with Crippen molar-refractivity contribution in [3.05, 3.63) is 108 Å². The maximum atomic E-state index is 6.08. The second-order valence-corrected chi connectivity index (χ2v) is 36.9. The zero-order valence-electron chi connectivity index (χ0n) is 83.7. The van der Waals surface area contributed by atoms with Crippen molar-refractivity contribution in [1.82, 2.24) is 0 Å². The van der Waals surface area contributed by atoms with Crippen molar-refractivity contribution in [2.75, 3.05) is 357 Å². The van der Waals surface area contributed by atoms with Crippen molar-refractivity contribution in [2.45, 2.75) is 139 Å². The molecule has 0 amide bonds. The predicted molar refractivity (Wildman–Crippen MR) is 510 cm³/mol. The summed E-state index contributed by atoms with van der Waals surface area (Å²) in [6.45, 7) is 58.3. The zero-order valence-corrected chi connectivity index (χ0v) is 83.7. The predicted octanol–water partition coefficient (Wildman–Crippen LogP) is 14.6. The third kappa shape index (κ3) is 69.5. The summed E-state index contributed by atoms with van der Waals surface area (Å²) in [6, 6.07) is 30.6. The first-order valence-electron chi connectivity index (χ1n) is 47.9. The summed E-state index contributed by atoms with van der Waals surface area (Å²) in [5, 5.41) is 0. The van der Waals surface area contributed by atoms with Crippen molar-refractivity contribution >= 4 is 0 Å². The van der Waals surface area contributed by atoms with Gasteiger partial charge in [0.1, 0.15) is 74.1 Å². The molecule has 0 saturated carbocycles. The molecule has 0 bridgehead atoms. The molecule has 4 aromatic rings. The Morgan fingerprint density at radius 2 is 0.227 bits per heavy atom. The summed E-state index contributed by atoms with van der Waals surface area (Å²) >= 11 is 0. The maximum absolute atomic E-state index is 6.08. The highest BCUT2D eigenvalue weighted by Crippen LogP contribution is 2.40. The smallest absolute Gasteiger partial charge is 0.126 e. The molecule has 0 spiro atoms. The minimum atomic E-state index is 0.0995. The minimum Gasteiger partial charge on any atom is -0.491 e. The molecule has 0 fully saturated rings. The van der Waals surface area contributed by atoms with Crippen molar-refractivity contribution < 1.29 is 142 Å². The van der Waals surface area contributed by atoms with Crippen molar-refractivity contribution in [2.24, 2.45) is 16.2 Å². The van der Waals surface area contributed by atoms with Gasteiger partial charge >= 0.3 is 0 Å². The lowest BCUT2D eigenvalue weighted by Crippen LogP contribution is -2.24. The SMILES string of the molecule is CC(C)(C)CC(C)(C)c1ccc(OCCOCCOCCOCCOCCOCCOCCOCCOCCOc2cc(OCCOCCOCCOCCOCCOCCOCCOCCOCCOc3ccc(C(C)(C)CC(C)(C)C)cc3)cc(OCCOCCOCCOCCOCCOCCOCCOCCOCCOc3ccc(C(C)(C)CC(C)(C)C)cc3)c2)cc1. The molecule has 0 aliphatic rings. The zero-order chi connectivity index (χ0) is 95.3. The van der Waals surface area contributed by atoms with Gasteiger partial charge in [-0.25, -0.2) is 0 Å². The summed E-state index contributed by atoms with van der Waals surface area (Å²) in [4.78, 5) is 0. The highest BCUT2D eigenvalue weighted by atomic mass is 16.6. The first kappa shape index (κ1) is 119. The monoisotopic (exact) mass is 1880 g/mol. The van der Waals surface area contributed by atoms with E-state index in [1.165, 1.54) is 16.7 Å². The van der Waals surface area contributed by atoms with Crippen LogP contribution in [0.3, 0.4) is 0 Å². The number of hydrogen-bond acceptors (Lipinski definition) is 30. The standard InChI is InChI=1S/C102H174O30/c1-97(2,3)85-100(10,11)88-16-22-91(23-17-88)127-76-70-121-64-58-115-52-46-109-40-34-103-28-31-106-37-43-112-49-55-118-61-67-124-73-79-130-94-82-95(131-80-74-125-68-62-119-56-50-113-44-38-107-32-29-104-35-41-110-47-53-116-59-65-122-71-77-128-92-24-18-89(19-25-92)101(12,13)86-98(4,5)6)84-96(83-94)132-81-75-126-69-63-120-57-51-114-45-39-108-33-30-105-36-42-111-48-54-117-60-66-123-72-78-129-93-26-20-90(21-27-93)102(14,15)87-99(7,8)9/h16-27,82-84H,28-81,85-87H2,1-15H3. The van der Waals surface area contributed by atoms with Crippen LogP contribution in [0.4, 0.5) is 0 Å². The number of rotatable bonds is 93. The lowest BCUT2D eigenvalue weighted by molar-refractivity contribution is -0.0241. The van der Waals surface area contributed by atoms with Crippen LogP contribution in [-0.4, -0.2) is 357 Å². The van der Waals surface area contributed by atoms with Crippen LogP contribution < -0.4 is 28.4 Å². The average Bonchev–Trinajstić information content (AvgIpc) is 0.834. The van der Waals surface area contributed by atoms with Crippen molar-refractivity contribution in [3.63, 3.8) is 0 Å². The molecular formula is C102H174O30. The Hall–Kier alpha value is -5.28. The molecule has 132 heavy (non-hydrogen) atoms. The number of hydrogen-bond donors (Lipinski definition) is 0. The Kier molecular flexibility index (Phi) is 69.1. The molecule has 762 valence electrons. The summed E-state index contributed by atoms with van der Waals surface area (Å²) in [7, 11) is 0. The molecule has 4 aromatic carbocycles. The summed E-state index contributed by atoms with van der Waals surface area (Å²) < 4.78 is 172. The minimum absolute atomic E-state index is 0.0995. The summed E-state index contributed by atoms with van der Waals surface area (Å²) in [5.41, 5.74) is 5.02. The largest absolute Gasteiger partial charge is 0.491 e. The van der Waals surface area contributed by atoms with E-state index in [2.05, 4.69) is 140 Å². The fourth-order valence-electron chi connectivity index (χ4n) is 14.3. The molecule has 0 saturated heterocycles. The second-order valence-electron chi connectivity index (χ2n) is 36.9. The molecule has 0 radical (unpaired) electrons.